The van der Waals surface area contributed by atoms with Gasteiger partial charge < -0.3 is 28.4 Å². The maximum Gasteiger partial charge on any atom is 0.410 e. The normalized spacial score (nSPS) is 20.2. The fourth-order valence-corrected chi connectivity index (χ4v) is 8.26. The van der Waals surface area contributed by atoms with Crippen LogP contribution in [0.5, 0.6) is 5.75 Å². The predicted molar refractivity (Wildman–Crippen MR) is 188 cm³/mol. The van der Waals surface area contributed by atoms with Gasteiger partial charge in [0.2, 0.25) is 0 Å². The molecule has 4 aliphatic rings. The fourth-order valence-electron chi connectivity index (χ4n) is 7.70. The van der Waals surface area contributed by atoms with Gasteiger partial charge in [0.1, 0.15) is 34.2 Å². The average molecular weight is 700 g/mol. The Labute approximate surface area is 292 Å². The number of hydrogen-bond acceptors (Lipinski definition) is 9. The first kappa shape index (κ1) is 32.6. The number of nitrogens with zero attached hydrogens (tertiary/aromatic N) is 5. The van der Waals surface area contributed by atoms with Gasteiger partial charge in [-0.15, -0.1) is 11.8 Å². The molecule has 0 spiro atoms. The third-order valence-electron chi connectivity index (χ3n) is 9.81. The lowest BCUT2D eigenvalue weighted by Crippen LogP contribution is -2.44. The number of methoxy groups -OCH3 is 1. The molecule has 3 saturated heterocycles. The van der Waals surface area contributed by atoms with E-state index in [1.807, 2.05) is 68.3 Å². The highest BCUT2D eigenvalue weighted by Gasteiger charge is 2.56. The number of thioether (sulfide) groups is 1. The summed E-state index contributed by atoms with van der Waals surface area (Å²) < 4.78 is 41.2. The van der Waals surface area contributed by atoms with E-state index >= 15 is 4.39 Å². The minimum Gasteiger partial charge on any atom is -0.468 e. The Balaban J connectivity index is 1.32. The van der Waals surface area contributed by atoms with Gasteiger partial charge in [-0.1, -0.05) is 24.3 Å². The highest BCUT2D eigenvalue weighted by Crippen LogP contribution is 2.53. The monoisotopic (exact) mass is 699 g/mol. The largest absolute Gasteiger partial charge is 0.468 e. The molecule has 3 unspecified atom stereocenters. The molecule has 11 nitrogen and oxygen atoms in total. The number of carbonyl (C=O) groups excluding carboxylic acids is 2. The molecule has 1 saturated carbocycles. The summed E-state index contributed by atoms with van der Waals surface area (Å²) in [6, 6.07) is 13.2. The summed E-state index contributed by atoms with van der Waals surface area (Å²) in [6.07, 6.45) is 3.73. The summed E-state index contributed by atoms with van der Waals surface area (Å²) >= 11 is 1.43. The molecule has 0 radical (unpaired) electrons. The van der Waals surface area contributed by atoms with Gasteiger partial charge in [-0.3, -0.25) is 9.88 Å². The van der Waals surface area contributed by atoms with E-state index in [1.54, 1.807) is 24.3 Å². The molecule has 50 heavy (non-hydrogen) atoms. The maximum absolute atomic E-state index is 17.1. The van der Waals surface area contributed by atoms with Crippen molar-refractivity contribution in [2.45, 2.75) is 56.4 Å². The number of rotatable bonds is 8. The first-order valence-corrected chi connectivity index (χ1v) is 17.9. The Morgan fingerprint density at radius 1 is 1.14 bits per heavy atom. The fraction of sp³-hybridized carbons (Fsp3) is 0.405. The number of cyclic esters (lactones) is 1. The number of halogens is 1. The lowest BCUT2D eigenvalue weighted by atomic mass is 9.79. The lowest BCUT2D eigenvalue weighted by molar-refractivity contribution is 0.0209. The van der Waals surface area contributed by atoms with Gasteiger partial charge in [0, 0.05) is 47.8 Å². The van der Waals surface area contributed by atoms with Crippen molar-refractivity contribution < 1.29 is 32.9 Å². The molecule has 4 fully saturated rings. The third kappa shape index (κ3) is 5.38. The van der Waals surface area contributed by atoms with Crippen LogP contribution in [0.15, 0.2) is 53.7 Å². The number of carbonyl (C=O) groups is 2. The minimum absolute atomic E-state index is 0.0466. The summed E-state index contributed by atoms with van der Waals surface area (Å²) in [5, 5.41) is 3.76. The maximum atomic E-state index is 17.1. The van der Waals surface area contributed by atoms with E-state index in [1.165, 1.54) is 11.8 Å². The van der Waals surface area contributed by atoms with Crippen molar-refractivity contribution in [3.63, 3.8) is 0 Å². The van der Waals surface area contributed by atoms with Crippen molar-refractivity contribution in [2.75, 3.05) is 39.9 Å². The van der Waals surface area contributed by atoms with Crippen LogP contribution in [0.4, 0.5) is 14.0 Å². The summed E-state index contributed by atoms with van der Waals surface area (Å²) in [6.45, 7) is 7.28. The second-order valence-corrected chi connectivity index (χ2v) is 14.8. The highest BCUT2D eigenvalue weighted by atomic mass is 32.2. The number of ether oxygens (including phenoxy) is 4. The number of aromatic nitrogens is 3. The number of hydrogen-bond donors (Lipinski definition) is 0. The van der Waals surface area contributed by atoms with Gasteiger partial charge >= 0.3 is 12.2 Å². The van der Waals surface area contributed by atoms with Crippen LogP contribution in [0.3, 0.4) is 0 Å². The zero-order chi connectivity index (χ0) is 34.9. The van der Waals surface area contributed by atoms with Gasteiger partial charge in [0.15, 0.2) is 12.6 Å². The Morgan fingerprint density at radius 2 is 1.96 bits per heavy atom. The molecule has 1 aliphatic carbocycles. The van der Waals surface area contributed by atoms with Crippen LogP contribution in [0.1, 0.15) is 38.9 Å². The molecule has 2 amide bonds. The zero-order valence-electron chi connectivity index (χ0n) is 28.6. The Hall–Kier alpha value is -4.62. The van der Waals surface area contributed by atoms with E-state index in [-0.39, 0.29) is 48.2 Å². The van der Waals surface area contributed by atoms with Gasteiger partial charge in [-0.2, -0.15) is 0 Å². The molecule has 260 valence electrons. The molecule has 2 bridgehead atoms. The van der Waals surface area contributed by atoms with Crippen molar-refractivity contribution in [1.82, 2.24) is 24.3 Å². The number of pyridine rings is 2. The van der Waals surface area contributed by atoms with Crippen molar-refractivity contribution in [1.29, 1.82) is 0 Å². The molecule has 3 aromatic heterocycles. The van der Waals surface area contributed by atoms with Gasteiger partial charge in [-0.25, -0.2) is 19.0 Å². The first-order chi connectivity index (χ1) is 24.1. The summed E-state index contributed by atoms with van der Waals surface area (Å²) in [7, 11) is 1.55. The SMILES string of the molecule is COCOc1cc(-c2ncc3c(nc(SC)c4cc(CN5CCOC5=O)n(C5C6CC5N(C(=O)OC(C)(C)C)C6)c43)c2F)c2ccccc2c1. The van der Waals surface area contributed by atoms with E-state index in [2.05, 4.69) is 4.57 Å². The molecule has 9 rings (SSSR count). The van der Waals surface area contributed by atoms with Crippen molar-refractivity contribution in [2.24, 2.45) is 5.92 Å². The molecule has 5 aromatic rings. The van der Waals surface area contributed by atoms with Crippen molar-refractivity contribution in [3.05, 3.63) is 60.2 Å². The topological polar surface area (TPSA) is 108 Å². The van der Waals surface area contributed by atoms with Crippen LogP contribution in [-0.4, -0.2) is 88.0 Å². The van der Waals surface area contributed by atoms with E-state index in [9.17, 15) is 9.59 Å². The van der Waals surface area contributed by atoms with Gasteiger partial charge in [0.05, 0.1) is 30.7 Å². The first-order valence-electron chi connectivity index (χ1n) is 16.7. The number of benzene rings is 2. The van der Waals surface area contributed by atoms with Crippen LogP contribution in [0.2, 0.25) is 0 Å². The quantitative estimate of drug-likeness (QED) is 0.121. The molecule has 3 atom stereocenters. The second kappa shape index (κ2) is 12.3. The predicted octanol–water partition coefficient (Wildman–Crippen LogP) is 7.38. The van der Waals surface area contributed by atoms with Crippen LogP contribution in [0, 0.1) is 11.7 Å². The van der Waals surface area contributed by atoms with Crippen LogP contribution in [0.25, 0.3) is 43.8 Å². The molecular weight excluding hydrogens is 662 g/mol. The summed E-state index contributed by atoms with van der Waals surface area (Å²) in [5.41, 5.74) is 1.96. The van der Waals surface area contributed by atoms with Crippen LogP contribution >= 0.6 is 11.8 Å². The Morgan fingerprint density at radius 3 is 2.70 bits per heavy atom. The number of amides is 2. The Kier molecular flexibility index (Phi) is 8.02. The lowest BCUT2D eigenvalue weighted by Gasteiger charge is -2.39. The summed E-state index contributed by atoms with van der Waals surface area (Å²) in [5.74, 6) is 0.147. The van der Waals surface area contributed by atoms with E-state index < -0.39 is 11.4 Å². The minimum atomic E-state index is -0.627. The van der Waals surface area contributed by atoms with E-state index in [0.717, 1.165) is 33.8 Å². The molecule has 0 N–H and O–H groups in total. The smallest absolute Gasteiger partial charge is 0.410 e. The van der Waals surface area contributed by atoms with E-state index in [0.29, 0.717) is 48.0 Å². The van der Waals surface area contributed by atoms with Crippen molar-refractivity contribution in [3.8, 4) is 17.0 Å². The van der Waals surface area contributed by atoms with Gasteiger partial charge in [-0.05, 0) is 62.4 Å². The second-order valence-electron chi connectivity index (χ2n) is 14.0. The van der Waals surface area contributed by atoms with E-state index in [4.69, 9.17) is 28.9 Å². The molecule has 3 aliphatic heterocycles. The standard InChI is InChI=1S/C37H38FN5O6S/c1-37(2,3)49-36(45)42-17-21-13-28(42)32(21)43-22(18-41-10-11-47-35(41)44)14-26-33(43)27-16-39-30(29(38)31(27)40-34(26)50-5)25-15-23(48-19-46-4)12-20-8-6-7-9-24(20)25/h6-9,12,14-16,21,28,32H,10-11,13,17-19H2,1-5H3. The molecule has 13 heteroatoms. The summed E-state index contributed by atoms with van der Waals surface area (Å²) in [4.78, 5) is 39.1. The molecular formula is C37H38FN5O6S. The van der Waals surface area contributed by atoms with Crippen molar-refractivity contribution >= 4 is 56.5 Å². The highest BCUT2D eigenvalue weighted by molar-refractivity contribution is 7.98. The Bertz CT molecular complexity index is 2180. The van der Waals surface area contributed by atoms with Crippen LogP contribution < -0.4 is 4.74 Å². The van der Waals surface area contributed by atoms with Crippen LogP contribution in [-0.2, 0) is 20.8 Å². The zero-order valence-corrected chi connectivity index (χ0v) is 29.4. The molecule has 2 aromatic carbocycles. The number of fused-ring (bicyclic) bond motifs is 5. The average Bonchev–Trinajstić information content (AvgIpc) is 3.87. The van der Waals surface area contributed by atoms with Gasteiger partial charge in [0.25, 0.3) is 0 Å². The third-order valence-corrected chi connectivity index (χ3v) is 10.5. The molecule has 6 heterocycles.